The summed E-state index contributed by atoms with van der Waals surface area (Å²) in [6, 6.07) is 13.0. The monoisotopic (exact) mass is 455 g/mol. The van der Waals surface area contributed by atoms with Crippen LogP contribution in [-0.2, 0) is 6.42 Å². The highest BCUT2D eigenvalue weighted by Crippen LogP contribution is 2.25. The van der Waals surface area contributed by atoms with Gasteiger partial charge in [-0.05, 0) is 80.1 Å². The first-order valence-electron chi connectivity index (χ1n) is 10.6. The number of rotatable bonds is 7. The van der Waals surface area contributed by atoms with E-state index in [4.69, 9.17) is 11.6 Å². The SMILES string of the molecule is CC.O=C(CN1CCCC(CCc2ccc(OC(F)(F)F)cc2)C1)c1ccc(Cl)cc1. The van der Waals surface area contributed by atoms with Crippen LogP contribution in [0.15, 0.2) is 48.5 Å². The van der Waals surface area contributed by atoms with Gasteiger partial charge in [-0.3, -0.25) is 9.69 Å². The van der Waals surface area contributed by atoms with Crippen LogP contribution in [0.2, 0.25) is 5.02 Å². The maximum atomic E-state index is 12.5. The lowest BCUT2D eigenvalue weighted by Gasteiger charge is -2.32. The number of hydrogen-bond acceptors (Lipinski definition) is 3. The third-order valence-electron chi connectivity index (χ3n) is 5.13. The molecule has 1 heterocycles. The van der Waals surface area contributed by atoms with Crippen LogP contribution in [0.4, 0.5) is 13.2 Å². The smallest absolute Gasteiger partial charge is 0.406 e. The molecular weight excluding hydrogens is 427 g/mol. The lowest BCUT2D eigenvalue weighted by atomic mass is 9.91. The molecule has 1 saturated heterocycles. The van der Waals surface area contributed by atoms with Crippen LogP contribution < -0.4 is 4.74 Å². The van der Waals surface area contributed by atoms with Gasteiger partial charge < -0.3 is 4.74 Å². The molecule has 1 fully saturated rings. The van der Waals surface area contributed by atoms with Gasteiger partial charge in [-0.1, -0.05) is 37.6 Å². The molecule has 1 atom stereocenters. The molecule has 3 nitrogen and oxygen atoms in total. The van der Waals surface area contributed by atoms with E-state index in [1.54, 1.807) is 36.4 Å². The Balaban J connectivity index is 0.00000166. The highest BCUT2D eigenvalue weighted by molar-refractivity contribution is 6.30. The van der Waals surface area contributed by atoms with Crippen LogP contribution in [0, 0.1) is 5.92 Å². The van der Waals surface area contributed by atoms with Crippen molar-refractivity contribution in [3.8, 4) is 5.75 Å². The molecule has 1 unspecified atom stereocenters. The molecule has 0 aromatic heterocycles. The molecule has 0 radical (unpaired) electrons. The van der Waals surface area contributed by atoms with E-state index in [2.05, 4.69) is 9.64 Å². The molecule has 170 valence electrons. The Morgan fingerprint density at radius 3 is 2.35 bits per heavy atom. The second-order valence-corrected chi connectivity index (χ2v) is 7.84. The van der Waals surface area contributed by atoms with Crippen LogP contribution in [0.25, 0.3) is 0 Å². The summed E-state index contributed by atoms with van der Waals surface area (Å²) in [7, 11) is 0. The van der Waals surface area contributed by atoms with Crippen molar-refractivity contribution >= 4 is 17.4 Å². The van der Waals surface area contributed by atoms with Crippen molar-refractivity contribution in [2.45, 2.75) is 45.9 Å². The molecule has 0 spiro atoms. The van der Waals surface area contributed by atoms with E-state index in [0.717, 1.165) is 44.3 Å². The second-order valence-electron chi connectivity index (χ2n) is 7.40. The van der Waals surface area contributed by atoms with E-state index in [9.17, 15) is 18.0 Å². The third kappa shape index (κ3) is 8.91. The summed E-state index contributed by atoms with van der Waals surface area (Å²) >= 11 is 5.87. The lowest BCUT2D eigenvalue weighted by molar-refractivity contribution is -0.274. The number of benzene rings is 2. The quantitative estimate of drug-likeness (QED) is 0.430. The summed E-state index contributed by atoms with van der Waals surface area (Å²) < 4.78 is 40.6. The van der Waals surface area contributed by atoms with E-state index in [1.807, 2.05) is 13.8 Å². The fourth-order valence-electron chi connectivity index (χ4n) is 3.69. The van der Waals surface area contributed by atoms with Gasteiger partial charge in [0, 0.05) is 17.1 Å². The summed E-state index contributed by atoms with van der Waals surface area (Å²) in [4.78, 5) is 14.7. The van der Waals surface area contributed by atoms with E-state index in [1.165, 1.54) is 12.1 Å². The van der Waals surface area contributed by atoms with Gasteiger partial charge in [-0.15, -0.1) is 13.2 Å². The number of Topliss-reactive ketones (excluding diaryl/α,β-unsaturated/α-hetero) is 1. The summed E-state index contributed by atoms with van der Waals surface area (Å²) in [6.45, 7) is 6.15. The Morgan fingerprint density at radius 2 is 1.74 bits per heavy atom. The summed E-state index contributed by atoms with van der Waals surface area (Å²) in [5.41, 5.74) is 1.64. The fourth-order valence-corrected chi connectivity index (χ4v) is 3.82. The number of alkyl halides is 3. The fraction of sp³-hybridized carbons (Fsp3) is 0.458. The first kappa shape index (κ1) is 25.2. The number of halogens is 4. The minimum atomic E-state index is -4.67. The maximum absolute atomic E-state index is 12.5. The van der Waals surface area contributed by atoms with Gasteiger partial charge in [0.2, 0.25) is 0 Å². The van der Waals surface area contributed by atoms with E-state index < -0.39 is 6.36 Å². The average molecular weight is 456 g/mol. The Morgan fingerprint density at radius 1 is 1.10 bits per heavy atom. The molecule has 0 saturated carbocycles. The average Bonchev–Trinajstić information content (AvgIpc) is 2.74. The van der Waals surface area contributed by atoms with Crippen molar-refractivity contribution < 1.29 is 22.7 Å². The van der Waals surface area contributed by atoms with E-state index in [-0.39, 0.29) is 11.5 Å². The molecule has 2 aromatic carbocycles. The second kappa shape index (κ2) is 12.1. The van der Waals surface area contributed by atoms with Crippen molar-refractivity contribution in [3.05, 3.63) is 64.7 Å². The van der Waals surface area contributed by atoms with Gasteiger partial charge in [0.05, 0.1) is 6.54 Å². The molecule has 1 aliphatic rings. The molecule has 1 aliphatic heterocycles. The number of hydrogen-bond donors (Lipinski definition) is 0. The molecular formula is C24H29ClF3NO2. The summed E-state index contributed by atoms with van der Waals surface area (Å²) in [5, 5.41) is 0.609. The molecule has 0 amide bonds. The number of likely N-dealkylation sites (tertiary alicyclic amines) is 1. The normalized spacial score (nSPS) is 16.9. The third-order valence-corrected chi connectivity index (χ3v) is 5.39. The van der Waals surface area contributed by atoms with Crippen molar-refractivity contribution in [1.29, 1.82) is 0 Å². The zero-order valence-electron chi connectivity index (χ0n) is 17.9. The molecule has 0 bridgehead atoms. The van der Waals surface area contributed by atoms with Gasteiger partial charge in [0.15, 0.2) is 5.78 Å². The number of piperidine rings is 1. The molecule has 2 aromatic rings. The predicted molar refractivity (Wildman–Crippen MR) is 118 cm³/mol. The van der Waals surface area contributed by atoms with Crippen molar-refractivity contribution in [1.82, 2.24) is 4.90 Å². The van der Waals surface area contributed by atoms with Crippen LogP contribution in [-0.4, -0.2) is 36.7 Å². The highest BCUT2D eigenvalue weighted by Gasteiger charge is 2.31. The molecule has 0 aliphatic carbocycles. The first-order chi connectivity index (χ1) is 14.8. The van der Waals surface area contributed by atoms with Gasteiger partial charge in [0.1, 0.15) is 5.75 Å². The largest absolute Gasteiger partial charge is 0.573 e. The zero-order valence-corrected chi connectivity index (χ0v) is 18.7. The Bertz CT molecular complexity index is 807. The van der Waals surface area contributed by atoms with Crippen LogP contribution in [0.5, 0.6) is 5.75 Å². The van der Waals surface area contributed by atoms with Gasteiger partial charge >= 0.3 is 6.36 Å². The number of carbonyl (C=O) groups excluding carboxylic acids is 1. The standard InChI is InChI=1S/C22H23ClF3NO2.C2H6/c23-19-9-7-18(8-10-19)21(28)15-27-13-1-2-17(14-27)4-3-16-5-11-20(12-6-16)29-22(24,25)26;1-2/h5-12,17H,1-4,13-15H2;1-2H3. The Hall–Kier alpha value is -2.05. The van der Waals surface area contributed by atoms with Gasteiger partial charge in [0.25, 0.3) is 0 Å². The number of nitrogens with zero attached hydrogens (tertiary/aromatic N) is 1. The van der Waals surface area contributed by atoms with Gasteiger partial charge in [-0.2, -0.15) is 0 Å². The minimum Gasteiger partial charge on any atom is -0.406 e. The summed E-state index contributed by atoms with van der Waals surface area (Å²) in [5.74, 6) is 0.348. The molecule has 31 heavy (non-hydrogen) atoms. The van der Waals surface area contributed by atoms with Gasteiger partial charge in [-0.25, -0.2) is 0 Å². The van der Waals surface area contributed by atoms with E-state index in [0.29, 0.717) is 23.0 Å². The number of ether oxygens (including phenoxy) is 1. The Kier molecular flexibility index (Phi) is 9.85. The van der Waals surface area contributed by atoms with Crippen LogP contribution in [0.3, 0.4) is 0 Å². The zero-order chi connectivity index (χ0) is 22.9. The Labute approximate surface area is 187 Å². The van der Waals surface area contributed by atoms with Crippen molar-refractivity contribution in [3.63, 3.8) is 0 Å². The van der Waals surface area contributed by atoms with Crippen molar-refractivity contribution in [2.75, 3.05) is 19.6 Å². The predicted octanol–water partition coefficient (Wildman–Crippen LogP) is 6.79. The molecule has 0 N–H and O–H groups in total. The first-order valence-corrected chi connectivity index (χ1v) is 11.0. The minimum absolute atomic E-state index is 0.0857. The number of aryl methyl sites for hydroxylation is 1. The highest BCUT2D eigenvalue weighted by atomic mass is 35.5. The van der Waals surface area contributed by atoms with Crippen molar-refractivity contribution in [2.24, 2.45) is 5.92 Å². The van der Waals surface area contributed by atoms with E-state index >= 15 is 0 Å². The number of carbonyl (C=O) groups is 1. The maximum Gasteiger partial charge on any atom is 0.573 e. The molecule has 3 rings (SSSR count). The number of ketones is 1. The molecule has 7 heteroatoms. The van der Waals surface area contributed by atoms with Crippen LogP contribution in [0.1, 0.15) is 49.0 Å². The summed E-state index contributed by atoms with van der Waals surface area (Å²) in [6.07, 6.45) is -0.810. The topological polar surface area (TPSA) is 29.5 Å². The van der Waals surface area contributed by atoms with Crippen LogP contribution >= 0.6 is 11.6 Å². The lowest BCUT2D eigenvalue weighted by Crippen LogP contribution is -2.39.